The van der Waals surface area contributed by atoms with Gasteiger partial charge in [0.05, 0.1) is 5.60 Å². The number of methoxy groups -OCH3 is 1. The van der Waals surface area contributed by atoms with Gasteiger partial charge in [0.25, 0.3) is 0 Å². The largest absolute Gasteiger partial charge is 0.389 e. The summed E-state index contributed by atoms with van der Waals surface area (Å²) in [6.45, 7) is 3.16. The Morgan fingerprint density at radius 1 is 1.54 bits per heavy atom. The predicted octanol–water partition coefficient (Wildman–Crippen LogP) is 0.916. The molecule has 3 heteroatoms. The lowest BCUT2D eigenvalue weighted by atomic mass is 9.92. The Labute approximate surface area is 80.5 Å². The monoisotopic (exact) mass is 187 g/mol. The molecule has 1 rings (SSSR count). The second kappa shape index (κ2) is 4.94. The van der Waals surface area contributed by atoms with Crippen molar-refractivity contribution < 1.29 is 9.84 Å². The van der Waals surface area contributed by atoms with Crippen molar-refractivity contribution in [2.24, 2.45) is 0 Å². The van der Waals surface area contributed by atoms with Crippen molar-refractivity contribution in [3.8, 4) is 0 Å². The summed E-state index contributed by atoms with van der Waals surface area (Å²) in [4.78, 5) is 0. The first-order valence-corrected chi connectivity index (χ1v) is 5.09. The molecule has 3 nitrogen and oxygen atoms in total. The highest BCUT2D eigenvalue weighted by Gasteiger charge is 2.23. The van der Waals surface area contributed by atoms with Gasteiger partial charge in [-0.1, -0.05) is 6.42 Å². The van der Waals surface area contributed by atoms with E-state index >= 15 is 0 Å². The van der Waals surface area contributed by atoms with Crippen LogP contribution in [0.25, 0.3) is 0 Å². The Hall–Kier alpha value is -0.120. The molecule has 0 saturated heterocycles. The molecule has 0 aromatic rings. The van der Waals surface area contributed by atoms with Crippen molar-refractivity contribution in [1.29, 1.82) is 0 Å². The third-order valence-corrected chi connectivity index (χ3v) is 2.72. The van der Waals surface area contributed by atoms with Crippen LogP contribution in [0.5, 0.6) is 0 Å². The second-order valence-electron chi connectivity index (χ2n) is 4.25. The zero-order valence-electron chi connectivity index (χ0n) is 8.68. The van der Waals surface area contributed by atoms with E-state index in [-0.39, 0.29) is 0 Å². The van der Waals surface area contributed by atoms with Crippen LogP contribution in [0, 0.1) is 0 Å². The number of rotatable bonds is 6. The molecule has 1 saturated carbocycles. The van der Waals surface area contributed by atoms with Crippen molar-refractivity contribution in [2.45, 2.75) is 44.2 Å². The van der Waals surface area contributed by atoms with Crippen molar-refractivity contribution >= 4 is 0 Å². The first kappa shape index (κ1) is 11.0. The Morgan fingerprint density at radius 3 is 2.69 bits per heavy atom. The summed E-state index contributed by atoms with van der Waals surface area (Å²) >= 11 is 0. The predicted molar refractivity (Wildman–Crippen MR) is 52.8 cm³/mol. The maximum Gasteiger partial charge on any atom is 0.0765 e. The molecular weight excluding hydrogens is 166 g/mol. The minimum absolute atomic E-state index is 0.619. The Balaban J connectivity index is 2.08. The standard InChI is InChI=1S/C10H21NO2/c1-10(12,6-7-13-2)8-11-9-4-3-5-9/h9,11-12H,3-8H2,1-2H3. The van der Waals surface area contributed by atoms with Gasteiger partial charge in [0.2, 0.25) is 0 Å². The average molecular weight is 187 g/mol. The smallest absolute Gasteiger partial charge is 0.0765 e. The minimum atomic E-state index is -0.619. The lowest BCUT2D eigenvalue weighted by Crippen LogP contribution is -2.45. The van der Waals surface area contributed by atoms with E-state index in [2.05, 4.69) is 5.32 Å². The van der Waals surface area contributed by atoms with Crippen LogP contribution in [0.15, 0.2) is 0 Å². The normalized spacial score (nSPS) is 22.4. The number of nitrogens with one attached hydrogen (secondary N) is 1. The Morgan fingerprint density at radius 2 is 2.23 bits per heavy atom. The van der Waals surface area contributed by atoms with Crippen LogP contribution in [0.3, 0.4) is 0 Å². The van der Waals surface area contributed by atoms with Gasteiger partial charge in [-0.05, 0) is 19.8 Å². The van der Waals surface area contributed by atoms with Gasteiger partial charge in [0.1, 0.15) is 0 Å². The molecule has 0 amide bonds. The van der Waals surface area contributed by atoms with Gasteiger partial charge in [0, 0.05) is 32.7 Å². The SMILES string of the molecule is COCCC(C)(O)CNC1CCC1. The summed E-state index contributed by atoms with van der Waals surface area (Å²) in [6.07, 6.45) is 4.56. The molecule has 1 fully saturated rings. The molecule has 0 bridgehead atoms. The van der Waals surface area contributed by atoms with E-state index in [1.807, 2.05) is 6.92 Å². The van der Waals surface area contributed by atoms with Crippen LogP contribution in [0.4, 0.5) is 0 Å². The van der Waals surface area contributed by atoms with Crippen LogP contribution >= 0.6 is 0 Å². The number of hydrogen-bond donors (Lipinski definition) is 2. The minimum Gasteiger partial charge on any atom is -0.389 e. The first-order chi connectivity index (χ1) is 6.14. The molecular formula is C10H21NO2. The fraction of sp³-hybridized carbons (Fsp3) is 1.00. The Bertz CT molecular complexity index is 144. The summed E-state index contributed by atoms with van der Waals surface area (Å²) in [5.74, 6) is 0. The molecule has 1 unspecified atom stereocenters. The van der Waals surface area contributed by atoms with Gasteiger partial charge in [0.15, 0.2) is 0 Å². The van der Waals surface area contributed by atoms with Gasteiger partial charge >= 0.3 is 0 Å². The van der Waals surface area contributed by atoms with Crippen LogP contribution in [0.2, 0.25) is 0 Å². The molecule has 0 aromatic carbocycles. The quantitative estimate of drug-likeness (QED) is 0.649. The number of hydrogen-bond acceptors (Lipinski definition) is 3. The highest BCUT2D eigenvalue weighted by Crippen LogP contribution is 2.19. The fourth-order valence-corrected chi connectivity index (χ4v) is 1.39. The molecule has 0 aromatic heterocycles. The van der Waals surface area contributed by atoms with Crippen LogP contribution in [-0.2, 0) is 4.74 Å². The number of ether oxygens (including phenoxy) is 1. The van der Waals surface area contributed by atoms with Gasteiger partial charge in [-0.15, -0.1) is 0 Å². The summed E-state index contributed by atoms with van der Waals surface area (Å²) < 4.78 is 4.94. The van der Waals surface area contributed by atoms with E-state index in [9.17, 15) is 5.11 Å². The summed E-state index contributed by atoms with van der Waals surface area (Å²) in [5.41, 5.74) is -0.619. The van der Waals surface area contributed by atoms with E-state index < -0.39 is 5.60 Å². The van der Waals surface area contributed by atoms with Crippen molar-refractivity contribution in [3.63, 3.8) is 0 Å². The highest BCUT2D eigenvalue weighted by molar-refractivity contribution is 4.82. The molecule has 0 aliphatic heterocycles. The van der Waals surface area contributed by atoms with Crippen molar-refractivity contribution in [1.82, 2.24) is 5.32 Å². The van der Waals surface area contributed by atoms with Crippen LogP contribution in [-0.4, -0.2) is 37.0 Å². The second-order valence-corrected chi connectivity index (χ2v) is 4.25. The molecule has 1 aliphatic carbocycles. The first-order valence-electron chi connectivity index (χ1n) is 5.09. The van der Waals surface area contributed by atoms with Crippen LogP contribution in [0.1, 0.15) is 32.6 Å². The third kappa shape index (κ3) is 4.07. The molecule has 0 radical (unpaired) electrons. The molecule has 0 heterocycles. The third-order valence-electron chi connectivity index (χ3n) is 2.72. The number of aliphatic hydroxyl groups is 1. The van der Waals surface area contributed by atoms with E-state index in [1.165, 1.54) is 19.3 Å². The van der Waals surface area contributed by atoms with Gasteiger partial charge in [-0.3, -0.25) is 0 Å². The molecule has 78 valence electrons. The van der Waals surface area contributed by atoms with E-state index in [0.29, 0.717) is 25.6 Å². The molecule has 1 atom stereocenters. The highest BCUT2D eigenvalue weighted by atomic mass is 16.5. The Kier molecular flexibility index (Phi) is 4.16. The van der Waals surface area contributed by atoms with Gasteiger partial charge in [-0.25, -0.2) is 0 Å². The molecule has 0 spiro atoms. The lowest BCUT2D eigenvalue weighted by molar-refractivity contribution is 0.0205. The average Bonchev–Trinajstić information content (AvgIpc) is 1.98. The van der Waals surface area contributed by atoms with Crippen molar-refractivity contribution in [2.75, 3.05) is 20.3 Å². The van der Waals surface area contributed by atoms with Gasteiger partial charge in [-0.2, -0.15) is 0 Å². The topological polar surface area (TPSA) is 41.5 Å². The van der Waals surface area contributed by atoms with E-state index in [4.69, 9.17) is 4.74 Å². The van der Waals surface area contributed by atoms with E-state index in [0.717, 1.165) is 0 Å². The lowest BCUT2D eigenvalue weighted by Gasteiger charge is -2.31. The zero-order valence-corrected chi connectivity index (χ0v) is 8.68. The van der Waals surface area contributed by atoms with Crippen LogP contribution < -0.4 is 5.32 Å². The van der Waals surface area contributed by atoms with E-state index in [1.54, 1.807) is 7.11 Å². The molecule has 13 heavy (non-hydrogen) atoms. The molecule has 1 aliphatic rings. The van der Waals surface area contributed by atoms with Crippen molar-refractivity contribution in [3.05, 3.63) is 0 Å². The van der Waals surface area contributed by atoms with Gasteiger partial charge < -0.3 is 15.2 Å². The fourth-order valence-electron chi connectivity index (χ4n) is 1.39. The maximum absolute atomic E-state index is 9.87. The summed E-state index contributed by atoms with van der Waals surface area (Å²) in [5, 5.41) is 13.2. The zero-order chi connectivity index (χ0) is 9.73. The summed E-state index contributed by atoms with van der Waals surface area (Å²) in [6, 6.07) is 0.647. The summed E-state index contributed by atoms with van der Waals surface area (Å²) in [7, 11) is 1.66. The maximum atomic E-state index is 9.87. The molecule has 2 N–H and O–H groups in total.